The molecule has 134 valence electrons. The lowest BCUT2D eigenvalue weighted by molar-refractivity contribution is 0.0256. The van der Waals surface area contributed by atoms with Crippen LogP contribution in [0, 0.1) is 5.92 Å². The highest BCUT2D eigenvalue weighted by atomic mass is 16.6. The van der Waals surface area contributed by atoms with Crippen molar-refractivity contribution < 1.29 is 14.6 Å². The minimum Gasteiger partial charge on any atom is -0.444 e. The topological polar surface area (TPSA) is 61.8 Å². The van der Waals surface area contributed by atoms with Crippen molar-refractivity contribution in [3.63, 3.8) is 0 Å². The molecule has 0 aromatic carbocycles. The number of ether oxygens (including phenoxy) is 1. The molecular weight excluding hydrogens is 292 g/mol. The number of carbonyl (C=O) groups excluding carboxylic acids is 1. The van der Waals surface area contributed by atoms with Gasteiger partial charge in [-0.15, -0.1) is 0 Å². The Morgan fingerprint density at radius 2 is 1.83 bits per heavy atom. The van der Waals surface area contributed by atoms with Gasteiger partial charge in [-0.3, -0.25) is 0 Å². The highest BCUT2D eigenvalue weighted by Crippen LogP contribution is 2.24. The van der Waals surface area contributed by atoms with Crippen LogP contribution in [0.25, 0.3) is 0 Å². The van der Waals surface area contributed by atoms with Crippen LogP contribution in [0.3, 0.4) is 0 Å². The maximum Gasteiger partial charge on any atom is 0.410 e. The number of hydrogen-bond donors (Lipinski definition) is 2. The van der Waals surface area contributed by atoms with Gasteiger partial charge in [-0.25, -0.2) is 4.79 Å². The number of aliphatic hydroxyl groups is 1. The predicted molar refractivity (Wildman–Crippen MR) is 91.4 cm³/mol. The van der Waals surface area contributed by atoms with Gasteiger partial charge in [0.25, 0.3) is 0 Å². The van der Waals surface area contributed by atoms with Crippen molar-refractivity contribution in [3.05, 3.63) is 0 Å². The van der Waals surface area contributed by atoms with E-state index in [1.807, 2.05) is 25.7 Å². The van der Waals surface area contributed by atoms with Crippen LogP contribution in [0.1, 0.15) is 65.7 Å². The lowest BCUT2D eigenvalue weighted by atomic mass is 9.87. The van der Waals surface area contributed by atoms with Gasteiger partial charge >= 0.3 is 6.09 Å². The molecule has 1 saturated carbocycles. The van der Waals surface area contributed by atoms with Crippen LogP contribution in [0.4, 0.5) is 4.79 Å². The first-order valence-corrected chi connectivity index (χ1v) is 9.23. The number of carbonyl (C=O) groups is 1. The molecule has 0 bridgehead atoms. The second-order valence-electron chi connectivity index (χ2n) is 8.18. The molecule has 1 saturated heterocycles. The number of rotatable bonds is 3. The SMILES string of the molecule is CC(C)(C)OC(=O)N1CCCC(NCC2CCC(O)CC2)CC1. The zero-order valence-corrected chi connectivity index (χ0v) is 15.0. The Bertz CT molecular complexity index is 373. The fourth-order valence-corrected chi connectivity index (χ4v) is 3.49. The first kappa shape index (κ1) is 18.5. The number of hydrogen-bond acceptors (Lipinski definition) is 4. The highest BCUT2D eigenvalue weighted by Gasteiger charge is 2.26. The summed E-state index contributed by atoms with van der Waals surface area (Å²) in [5, 5.41) is 13.3. The molecule has 23 heavy (non-hydrogen) atoms. The quantitative estimate of drug-likeness (QED) is 0.837. The summed E-state index contributed by atoms with van der Waals surface area (Å²) in [5.41, 5.74) is -0.424. The van der Waals surface area contributed by atoms with Crippen molar-refractivity contribution in [3.8, 4) is 0 Å². The van der Waals surface area contributed by atoms with Crippen LogP contribution in [0.2, 0.25) is 0 Å². The third-order valence-electron chi connectivity index (χ3n) is 4.89. The van der Waals surface area contributed by atoms with Crippen LogP contribution in [0.15, 0.2) is 0 Å². The number of nitrogens with zero attached hydrogens (tertiary/aromatic N) is 1. The molecule has 2 fully saturated rings. The maximum absolute atomic E-state index is 12.2. The molecule has 2 N–H and O–H groups in total. The smallest absolute Gasteiger partial charge is 0.410 e. The van der Waals surface area contributed by atoms with Crippen LogP contribution < -0.4 is 5.32 Å². The van der Waals surface area contributed by atoms with Crippen LogP contribution in [0.5, 0.6) is 0 Å². The molecule has 0 spiro atoms. The minimum atomic E-state index is -0.424. The van der Waals surface area contributed by atoms with Gasteiger partial charge < -0.3 is 20.1 Å². The van der Waals surface area contributed by atoms with E-state index >= 15 is 0 Å². The Kier molecular flexibility index (Phi) is 6.72. The molecule has 5 heteroatoms. The summed E-state index contributed by atoms with van der Waals surface area (Å²) < 4.78 is 5.48. The molecule has 0 aromatic rings. The van der Waals surface area contributed by atoms with E-state index in [9.17, 15) is 9.90 Å². The Morgan fingerprint density at radius 3 is 2.48 bits per heavy atom. The zero-order valence-electron chi connectivity index (χ0n) is 15.0. The molecule has 1 heterocycles. The molecule has 1 unspecified atom stereocenters. The molecule has 1 amide bonds. The largest absolute Gasteiger partial charge is 0.444 e. The van der Waals surface area contributed by atoms with Gasteiger partial charge in [-0.1, -0.05) is 0 Å². The molecule has 5 nitrogen and oxygen atoms in total. The van der Waals surface area contributed by atoms with E-state index in [-0.39, 0.29) is 12.2 Å². The van der Waals surface area contributed by atoms with Crippen molar-refractivity contribution in [2.75, 3.05) is 19.6 Å². The lowest BCUT2D eigenvalue weighted by Crippen LogP contribution is -2.39. The number of aliphatic hydroxyl groups excluding tert-OH is 1. The van der Waals surface area contributed by atoms with Gasteiger partial charge in [0.05, 0.1) is 6.10 Å². The second kappa shape index (κ2) is 8.34. The minimum absolute atomic E-state index is 0.0773. The van der Waals surface area contributed by atoms with Crippen molar-refractivity contribution in [2.24, 2.45) is 5.92 Å². The van der Waals surface area contributed by atoms with E-state index in [0.29, 0.717) is 12.0 Å². The van der Waals surface area contributed by atoms with Crippen molar-refractivity contribution in [1.82, 2.24) is 10.2 Å². The molecule has 0 aromatic heterocycles. The average Bonchev–Trinajstić information content (AvgIpc) is 2.70. The fourth-order valence-electron chi connectivity index (χ4n) is 3.49. The molecule has 2 aliphatic rings. The summed E-state index contributed by atoms with van der Waals surface area (Å²) >= 11 is 0. The van der Waals surface area contributed by atoms with Crippen molar-refractivity contribution >= 4 is 6.09 Å². The fraction of sp³-hybridized carbons (Fsp3) is 0.944. The Hall–Kier alpha value is -0.810. The van der Waals surface area contributed by atoms with E-state index in [2.05, 4.69) is 5.32 Å². The predicted octanol–water partition coefficient (Wildman–Crippen LogP) is 2.92. The Morgan fingerprint density at radius 1 is 1.13 bits per heavy atom. The van der Waals surface area contributed by atoms with Crippen LogP contribution in [-0.4, -0.2) is 53.5 Å². The van der Waals surface area contributed by atoms with E-state index in [1.54, 1.807) is 0 Å². The second-order valence-corrected chi connectivity index (χ2v) is 8.18. The monoisotopic (exact) mass is 326 g/mol. The van der Waals surface area contributed by atoms with E-state index in [4.69, 9.17) is 4.74 Å². The summed E-state index contributed by atoms with van der Waals surface area (Å²) in [7, 11) is 0. The number of amides is 1. The summed E-state index contributed by atoms with van der Waals surface area (Å²) in [6.45, 7) is 8.35. The highest BCUT2D eigenvalue weighted by molar-refractivity contribution is 5.68. The standard InChI is InChI=1S/C18H34N2O3/c1-18(2,3)23-17(22)20-11-4-5-15(10-12-20)19-13-14-6-8-16(21)9-7-14/h14-16,19,21H,4-13H2,1-3H3. The average molecular weight is 326 g/mol. The zero-order chi connectivity index (χ0) is 16.9. The van der Waals surface area contributed by atoms with E-state index in [1.165, 1.54) is 0 Å². The van der Waals surface area contributed by atoms with Gasteiger partial charge in [-0.05, 0) is 78.2 Å². The Labute approximate surface area is 140 Å². The van der Waals surface area contributed by atoms with Crippen molar-refractivity contribution in [1.29, 1.82) is 0 Å². The molecule has 0 radical (unpaired) electrons. The molecular formula is C18H34N2O3. The van der Waals surface area contributed by atoms with Crippen LogP contribution >= 0.6 is 0 Å². The van der Waals surface area contributed by atoms with Gasteiger partial charge in [0.2, 0.25) is 0 Å². The maximum atomic E-state index is 12.2. The van der Waals surface area contributed by atoms with Gasteiger partial charge in [0.1, 0.15) is 5.60 Å². The van der Waals surface area contributed by atoms with E-state index < -0.39 is 5.60 Å². The summed E-state index contributed by atoms with van der Waals surface area (Å²) in [5.74, 6) is 0.698. The van der Waals surface area contributed by atoms with Gasteiger partial charge in [-0.2, -0.15) is 0 Å². The van der Waals surface area contributed by atoms with Gasteiger partial charge in [0, 0.05) is 19.1 Å². The molecule has 1 aliphatic carbocycles. The first-order chi connectivity index (χ1) is 10.8. The van der Waals surface area contributed by atoms with Crippen LogP contribution in [-0.2, 0) is 4.74 Å². The third-order valence-corrected chi connectivity index (χ3v) is 4.89. The molecule has 1 aliphatic heterocycles. The Balaban J connectivity index is 1.70. The summed E-state index contributed by atoms with van der Waals surface area (Å²) in [6, 6.07) is 0.495. The number of nitrogens with one attached hydrogen (secondary N) is 1. The van der Waals surface area contributed by atoms with Crippen molar-refractivity contribution in [2.45, 2.75) is 83.5 Å². The summed E-state index contributed by atoms with van der Waals surface area (Å²) in [4.78, 5) is 14.0. The van der Waals surface area contributed by atoms with Gasteiger partial charge in [0.15, 0.2) is 0 Å². The van der Waals surface area contributed by atoms with E-state index in [0.717, 1.165) is 64.6 Å². The normalized spacial score (nSPS) is 29.9. The molecule has 1 atom stereocenters. The number of likely N-dealkylation sites (tertiary alicyclic amines) is 1. The summed E-state index contributed by atoms with van der Waals surface area (Å²) in [6.07, 6.45) is 7.04. The first-order valence-electron chi connectivity index (χ1n) is 9.23. The molecule has 2 rings (SSSR count). The lowest BCUT2D eigenvalue weighted by Gasteiger charge is -2.28. The third kappa shape index (κ3) is 6.68.